The number of carbonyl (C=O) groups is 1. The van der Waals surface area contributed by atoms with E-state index in [1.54, 1.807) is 24.3 Å². The van der Waals surface area contributed by atoms with Crippen LogP contribution in [-0.2, 0) is 12.8 Å². The molecule has 0 aromatic heterocycles. The molecule has 0 radical (unpaired) electrons. The van der Waals surface area contributed by atoms with Crippen molar-refractivity contribution in [1.29, 1.82) is 0 Å². The molecule has 0 saturated carbocycles. The molecule has 1 aliphatic carbocycles. The molecule has 2 aromatic carbocycles. The highest BCUT2D eigenvalue weighted by atomic mass is 35.5. The summed E-state index contributed by atoms with van der Waals surface area (Å²) in [6.07, 6.45) is 4.54. The zero-order valence-corrected chi connectivity index (χ0v) is 14.5. The monoisotopic (exact) mass is 342 g/mol. The second-order valence-corrected chi connectivity index (χ2v) is 7.18. The average molecular weight is 343 g/mol. The minimum atomic E-state index is -0.398. The van der Waals surface area contributed by atoms with Crippen LogP contribution in [0.25, 0.3) is 0 Å². The lowest BCUT2D eigenvalue weighted by atomic mass is 9.95. The Hall–Kier alpha value is -1.64. The molecule has 1 aliphatic rings. The van der Waals surface area contributed by atoms with Gasteiger partial charge in [-0.1, -0.05) is 35.9 Å². The van der Waals surface area contributed by atoms with E-state index in [4.69, 9.17) is 11.6 Å². The standard InChI is InChI=1S/C21H23ClO2/c22-19-8-6-16(7-9-19)21(24)12-11-20(23)10-5-15-13-17-3-1-2-4-18(17)14-15/h1-4,6-9,15,20,23H,5,10-14H2. The first-order valence-electron chi connectivity index (χ1n) is 8.65. The highest BCUT2D eigenvalue weighted by molar-refractivity contribution is 6.30. The van der Waals surface area contributed by atoms with Crippen molar-refractivity contribution in [3.8, 4) is 0 Å². The summed E-state index contributed by atoms with van der Waals surface area (Å²) in [6.45, 7) is 0. The van der Waals surface area contributed by atoms with Gasteiger partial charge in [-0.2, -0.15) is 0 Å². The molecule has 126 valence electrons. The van der Waals surface area contributed by atoms with Gasteiger partial charge in [0.15, 0.2) is 5.78 Å². The predicted octanol–water partition coefficient (Wildman–Crippen LogP) is 4.86. The Bertz CT molecular complexity index is 668. The van der Waals surface area contributed by atoms with E-state index in [0.29, 0.717) is 29.3 Å². The Morgan fingerprint density at radius 2 is 1.67 bits per heavy atom. The fraction of sp³-hybridized carbons (Fsp3) is 0.381. The van der Waals surface area contributed by atoms with Gasteiger partial charge in [0.2, 0.25) is 0 Å². The highest BCUT2D eigenvalue weighted by Gasteiger charge is 2.21. The maximum absolute atomic E-state index is 12.1. The van der Waals surface area contributed by atoms with Gasteiger partial charge >= 0.3 is 0 Å². The van der Waals surface area contributed by atoms with Crippen molar-refractivity contribution in [3.63, 3.8) is 0 Å². The second kappa shape index (κ2) is 7.96. The van der Waals surface area contributed by atoms with E-state index in [2.05, 4.69) is 24.3 Å². The van der Waals surface area contributed by atoms with Crippen LogP contribution in [0.3, 0.4) is 0 Å². The van der Waals surface area contributed by atoms with Gasteiger partial charge in [-0.25, -0.2) is 0 Å². The number of hydrogen-bond donors (Lipinski definition) is 1. The quantitative estimate of drug-likeness (QED) is 0.730. The van der Waals surface area contributed by atoms with Gasteiger partial charge in [0, 0.05) is 17.0 Å². The molecule has 1 N–H and O–H groups in total. The maximum Gasteiger partial charge on any atom is 0.162 e. The van der Waals surface area contributed by atoms with Crippen molar-refractivity contribution in [3.05, 3.63) is 70.2 Å². The van der Waals surface area contributed by atoms with E-state index in [-0.39, 0.29) is 5.78 Å². The first-order chi connectivity index (χ1) is 11.6. The summed E-state index contributed by atoms with van der Waals surface area (Å²) in [5.74, 6) is 0.697. The van der Waals surface area contributed by atoms with Crippen molar-refractivity contribution in [2.24, 2.45) is 5.92 Å². The average Bonchev–Trinajstić information content (AvgIpc) is 3.01. The normalized spacial score (nSPS) is 15.2. The minimum Gasteiger partial charge on any atom is -0.393 e. The number of Topliss-reactive ketones (excluding diaryl/α,β-unsaturated/α-hetero) is 1. The third kappa shape index (κ3) is 4.46. The van der Waals surface area contributed by atoms with Crippen LogP contribution >= 0.6 is 11.6 Å². The number of halogens is 1. The molecule has 3 heteroatoms. The lowest BCUT2D eigenvalue weighted by molar-refractivity contribution is 0.0927. The SMILES string of the molecule is O=C(CCC(O)CCC1Cc2ccccc2C1)c1ccc(Cl)cc1. The van der Waals surface area contributed by atoms with Gasteiger partial charge in [-0.15, -0.1) is 0 Å². The molecule has 2 aromatic rings. The summed E-state index contributed by atoms with van der Waals surface area (Å²) in [5.41, 5.74) is 3.57. The van der Waals surface area contributed by atoms with Crippen molar-refractivity contribution in [2.75, 3.05) is 0 Å². The molecule has 0 heterocycles. The van der Waals surface area contributed by atoms with Gasteiger partial charge in [0.05, 0.1) is 6.10 Å². The minimum absolute atomic E-state index is 0.0685. The number of ketones is 1. The zero-order valence-electron chi connectivity index (χ0n) is 13.7. The molecule has 1 atom stereocenters. The number of hydrogen-bond acceptors (Lipinski definition) is 2. The Morgan fingerprint density at radius 3 is 2.29 bits per heavy atom. The first-order valence-corrected chi connectivity index (χ1v) is 9.03. The van der Waals surface area contributed by atoms with Crippen molar-refractivity contribution >= 4 is 17.4 Å². The molecule has 2 nitrogen and oxygen atoms in total. The summed E-state index contributed by atoms with van der Waals surface area (Å²) < 4.78 is 0. The highest BCUT2D eigenvalue weighted by Crippen LogP contribution is 2.30. The lowest BCUT2D eigenvalue weighted by Gasteiger charge is -2.13. The molecule has 0 aliphatic heterocycles. The third-order valence-electron chi connectivity index (χ3n) is 4.91. The Kier molecular flexibility index (Phi) is 5.70. The largest absolute Gasteiger partial charge is 0.393 e. The first kappa shape index (κ1) is 17.2. The molecule has 0 bridgehead atoms. The van der Waals surface area contributed by atoms with E-state index < -0.39 is 6.10 Å². The molecule has 0 spiro atoms. The predicted molar refractivity (Wildman–Crippen MR) is 97.6 cm³/mol. The number of rotatable bonds is 7. The fourth-order valence-electron chi connectivity index (χ4n) is 3.50. The number of fused-ring (bicyclic) bond motifs is 1. The molecule has 3 rings (SSSR count). The van der Waals surface area contributed by atoms with Gasteiger partial charge < -0.3 is 5.11 Å². The van der Waals surface area contributed by atoms with Crippen molar-refractivity contribution in [2.45, 2.75) is 44.6 Å². The molecule has 0 amide bonds. The van der Waals surface area contributed by atoms with E-state index in [9.17, 15) is 9.90 Å². The molecule has 0 saturated heterocycles. The van der Waals surface area contributed by atoms with Crippen LogP contribution in [0.2, 0.25) is 5.02 Å². The lowest BCUT2D eigenvalue weighted by Crippen LogP contribution is -2.12. The van der Waals surface area contributed by atoms with E-state index in [1.165, 1.54) is 11.1 Å². The molecule has 0 fully saturated rings. The zero-order chi connectivity index (χ0) is 16.9. The second-order valence-electron chi connectivity index (χ2n) is 6.74. The number of aliphatic hydroxyl groups is 1. The topological polar surface area (TPSA) is 37.3 Å². The van der Waals surface area contributed by atoms with Crippen LogP contribution in [0.5, 0.6) is 0 Å². The van der Waals surface area contributed by atoms with Crippen molar-refractivity contribution < 1.29 is 9.90 Å². The van der Waals surface area contributed by atoms with Crippen LogP contribution in [0, 0.1) is 5.92 Å². The van der Waals surface area contributed by atoms with E-state index in [1.807, 2.05) is 0 Å². The van der Waals surface area contributed by atoms with Crippen LogP contribution in [0.4, 0.5) is 0 Å². The number of carbonyl (C=O) groups excluding carboxylic acids is 1. The molecule has 24 heavy (non-hydrogen) atoms. The van der Waals surface area contributed by atoms with Gasteiger partial charge in [0.25, 0.3) is 0 Å². The molecular weight excluding hydrogens is 320 g/mol. The van der Waals surface area contributed by atoms with Crippen LogP contribution < -0.4 is 0 Å². The van der Waals surface area contributed by atoms with Crippen molar-refractivity contribution in [1.82, 2.24) is 0 Å². The summed E-state index contributed by atoms with van der Waals surface area (Å²) >= 11 is 5.83. The van der Waals surface area contributed by atoms with Gasteiger partial charge in [-0.3, -0.25) is 4.79 Å². The summed E-state index contributed by atoms with van der Waals surface area (Å²) in [7, 11) is 0. The molecule has 1 unspecified atom stereocenters. The van der Waals surface area contributed by atoms with Crippen LogP contribution in [0.1, 0.15) is 47.2 Å². The summed E-state index contributed by atoms with van der Waals surface area (Å²) in [6, 6.07) is 15.5. The van der Waals surface area contributed by atoms with Gasteiger partial charge in [0.1, 0.15) is 0 Å². The smallest absolute Gasteiger partial charge is 0.162 e. The Balaban J connectivity index is 1.40. The van der Waals surface area contributed by atoms with Gasteiger partial charge in [-0.05, 0) is 73.4 Å². The van der Waals surface area contributed by atoms with E-state index >= 15 is 0 Å². The summed E-state index contributed by atoms with van der Waals surface area (Å²) in [4.78, 5) is 12.1. The molecular formula is C21H23ClO2. The Labute approximate surface area is 148 Å². The fourth-order valence-corrected chi connectivity index (χ4v) is 3.63. The van der Waals surface area contributed by atoms with E-state index in [0.717, 1.165) is 25.7 Å². The summed E-state index contributed by atoms with van der Waals surface area (Å²) in [5, 5.41) is 10.8. The maximum atomic E-state index is 12.1. The Morgan fingerprint density at radius 1 is 1.04 bits per heavy atom. The van der Waals surface area contributed by atoms with Crippen LogP contribution in [0.15, 0.2) is 48.5 Å². The number of aliphatic hydroxyl groups excluding tert-OH is 1. The van der Waals surface area contributed by atoms with Crippen LogP contribution in [-0.4, -0.2) is 17.0 Å². The number of benzene rings is 2. The third-order valence-corrected chi connectivity index (χ3v) is 5.17.